The summed E-state index contributed by atoms with van der Waals surface area (Å²) in [5.74, 6) is 0. The van der Waals surface area contributed by atoms with E-state index in [4.69, 9.17) is 4.74 Å². The maximum absolute atomic E-state index is 12.8. The predicted molar refractivity (Wildman–Crippen MR) is 82.7 cm³/mol. The monoisotopic (exact) mass is 305 g/mol. The number of hydrogen-bond acceptors (Lipinski definition) is 3. The van der Waals surface area contributed by atoms with Crippen LogP contribution in [0.4, 0.5) is 0 Å². The molecular weight excluding hydrogens is 286 g/mol. The zero-order valence-corrected chi connectivity index (χ0v) is 12.8. The Morgan fingerprint density at radius 2 is 1.90 bits per heavy atom. The highest BCUT2D eigenvalue weighted by Gasteiger charge is 2.33. The van der Waals surface area contributed by atoms with Crippen molar-refractivity contribution in [1.29, 1.82) is 0 Å². The van der Waals surface area contributed by atoms with Crippen molar-refractivity contribution >= 4 is 20.8 Å². The summed E-state index contributed by atoms with van der Waals surface area (Å²) in [6.07, 6.45) is 1.66. The first-order valence-corrected chi connectivity index (χ1v) is 8.58. The molecule has 2 aromatic rings. The number of ether oxygens (including phenoxy) is 1. The summed E-state index contributed by atoms with van der Waals surface area (Å²) in [7, 11) is -3.57. The van der Waals surface area contributed by atoms with Gasteiger partial charge in [0.25, 0.3) is 0 Å². The molecule has 1 fully saturated rings. The van der Waals surface area contributed by atoms with Gasteiger partial charge in [-0.1, -0.05) is 36.4 Å². The van der Waals surface area contributed by atoms with E-state index in [2.05, 4.69) is 4.72 Å². The molecule has 112 valence electrons. The molecule has 1 heterocycles. The van der Waals surface area contributed by atoms with Crippen LogP contribution in [0, 0.1) is 0 Å². The molecule has 1 atom stereocenters. The lowest BCUT2D eigenvalue weighted by atomic mass is 9.97. The van der Waals surface area contributed by atoms with E-state index in [0.717, 1.165) is 23.6 Å². The van der Waals surface area contributed by atoms with E-state index in [0.29, 0.717) is 18.1 Å². The van der Waals surface area contributed by atoms with Crippen molar-refractivity contribution in [2.75, 3.05) is 13.2 Å². The quantitative estimate of drug-likeness (QED) is 0.948. The van der Waals surface area contributed by atoms with Crippen LogP contribution in [0.5, 0.6) is 0 Å². The van der Waals surface area contributed by atoms with Crippen LogP contribution in [0.2, 0.25) is 0 Å². The van der Waals surface area contributed by atoms with Gasteiger partial charge in [-0.3, -0.25) is 0 Å². The highest BCUT2D eigenvalue weighted by atomic mass is 32.2. The SMILES string of the molecule is CC1(NS(=O)(=O)c2cccc3ccccc23)CCCOC1. The maximum Gasteiger partial charge on any atom is 0.241 e. The van der Waals surface area contributed by atoms with E-state index >= 15 is 0 Å². The first-order valence-electron chi connectivity index (χ1n) is 7.10. The van der Waals surface area contributed by atoms with Gasteiger partial charge in [-0.25, -0.2) is 13.1 Å². The fourth-order valence-electron chi connectivity index (χ4n) is 2.82. The lowest BCUT2D eigenvalue weighted by Gasteiger charge is -2.34. The van der Waals surface area contributed by atoms with Crippen molar-refractivity contribution in [3.8, 4) is 0 Å². The Kier molecular flexibility index (Phi) is 3.73. The lowest BCUT2D eigenvalue weighted by molar-refractivity contribution is 0.0387. The Morgan fingerprint density at radius 3 is 2.67 bits per heavy atom. The van der Waals surface area contributed by atoms with E-state index in [1.165, 1.54) is 0 Å². The van der Waals surface area contributed by atoms with Crippen molar-refractivity contribution in [2.24, 2.45) is 0 Å². The van der Waals surface area contributed by atoms with Crippen molar-refractivity contribution < 1.29 is 13.2 Å². The zero-order chi connectivity index (χ0) is 14.9. The molecule has 1 unspecified atom stereocenters. The summed E-state index contributed by atoms with van der Waals surface area (Å²) in [6.45, 7) is 3.01. The van der Waals surface area contributed by atoms with Crippen LogP contribution < -0.4 is 4.72 Å². The Balaban J connectivity index is 2.00. The van der Waals surface area contributed by atoms with Crippen LogP contribution in [0.15, 0.2) is 47.4 Å². The number of nitrogens with one attached hydrogen (secondary N) is 1. The van der Waals surface area contributed by atoms with Gasteiger partial charge in [0.15, 0.2) is 0 Å². The van der Waals surface area contributed by atoms with Crippen molar-refractivity contribution in [3.05, 3.63) is 42.5 Å². The third-order valence-corrected chi connectivity index (χ3v) is 5.55. The molecule has 5 heteroatoms. The summed E-state index contributed by atoms with van der Waals surface area (Å²) in [6, 6.07) is 12.9. The van der Waals surface area contributed by atoms with Crippen LogP contribution in [0.3, 0.4) is 0 Å². The number of hydrogen-bond donors (Lipinski definition) is 1. The van der Waals surface area contributed by atoms with Crippen LogP contribution in [0.25, 0.3) is 10.8 Å². The molecule has 0 aliphatic carbocycles. The van der Waals surface area contributed by atoms with Gasteiger partial charge in [-0.15, -0.1) is 0 Å². The summed E-state index contributed by atoms with van der Waals surface area (Å²) in [4.78, 5) is 0.326. The standard InChI is InChI=1S/C16H19NO3S/c1-16(10-5-11-20-12-16)17-21(18,19)15-9-4-7-13-6-2-3-8-14(13)15/h2-4,6-9,17H,5,10-12H2,1H3. The third-order valence-electron chi connectivity index (χ3n) is 3.86. The highest BCUT2D eigenvalue weighted by Crippen LogP contribution is 2.26. The average molecular weight is 305 g/mol. The molecule has 1 N–H and O–H groups in total. The second-order valence-corrected chi connectivity index (χ2v) is 7.45. The highest BCUT2D eigenvalue weighted by molar-refractivity contribution is 7.89. The van der Waals surface area contributed by atoms with Crippen molar-refractivity contribution in [1.82, 2.24) is 4.72 Å². The third kappa shape index (κ3) is 2.95. The van der Waals surface area contributed by atoms with E-state index in [1.807, 2.05) is 37.3 Å². The Bertz CT molecular complexity index is 744. The summed E-state index contributed by atoms with van der Waals surface area (Å²) in [5.41, 5.74) is -0.534. The van der Waals surface area contributed by atoms with Gasteiger partial charge < -0.3 is 4.74 Å². The number of sulfonamides is 1. The van der Waals surface area contributed by atoms with Crippen LogP contribution in [-0.2, 0) is 14.8 Å². The number of rotatable bonds is 3. The van der Waals surface area contributed by atoms with Crippen molar-refractivity contribution in [3.63, 3.8) is 0 Å². The Hall–Kier alpha value is -1.43. The Morgan fingerprint density at radius 1 is 1.14 bits per heavy atom. The van der Waals surface area contributed by atoms with Crippen LogP contribution in [0.1, 0.15) is 19.8 Å². The minimum atomic E-state index is -3.57. The fraction of sp³-hybridized carbons (Fsp3) is 0.375. The molecule has 0 bridgehead atoms. The normalized spacial score (nSPS) is 23.3. The molecule has 2 aromatic carbocycles. The second kappa shape index (κ2) is 5.40. The smallest absolute Gasteiger partial charge is 0.241 e. The van der Waals surface area contributed by atoms with Crippen LogP contribution >= 0.6 is 0 Å². The number of benzene rings is 2. The van der Waals surface area contributed by atoms with Crippen molar-refractivity contribution in [2.45, 2.75) is 30.2 Å². The molecule has 0 spiro atoms. The first-order chi connectivity index (χ1) is 10.0. The molecule has 0 amide bonds. The first kappa shape index (κ1) is 14.5. The Labute approximate surface area is 125 Å². The summed E-state index contributed by atoms with van der Waals surface area (Å²) < 4.78 is 33.8. The zero-order valence-electron chi connectivity index (χ0n) is 12.0. The molecule has 0 radical (unpaired) electrons. The molecule has 1 saturated heterocycles. The van der Waals surface area contributed by atoms with Gasteiger partial charge in [0.1, 0.15) is 0 Å². The molecule has 0 aromatic heterocycles. The minimum absolute atomic E-state index is 0.326. The summed E-state index contributed by atoms with van der Waals surface area (Å²) in [5, 5.41) is 1.67. The fourth-order valence-corrected chi connectivity index (χ4v) is 4.48. The molecule has 21 heavy (non-hydrogen) atoms. The second-order valence-electron chi connectivity index (χ2n) is 5.80. The summed E-state index contributed by atoms with van der Waals surface area (Å²) >= 11 is 0. The van der Waals surface area contributed by atoms with Gasteiger partial charge in [0.2, 0.25) is 10.0 Å². The average Bonchev–Trinajstić information content (AvgIpc) is 2.46. The van der Waals surface area contributed by atoms with Gasteiger partial charge in [0.05, 0.1) is 17.0 Å². The molecule has 1 aliphatic rings. The molecular formula is C16H19NO3S. The van der Waals surface area contributed by atoms with E-state index in [1.54, 1.807) is 12.1 Å². The molecule has 3 rings (SSSR count). The largest absolute Gasteiger partial charge is 0.380 e. The minimum Gasteiger partial charge on any atom is -0.380 e. The van der Waals surface area contributed by atoms with E-state index in [9.17, 15) is 8.42 Å². The lowest BCUT2D eigenvalue weighted by Crippen LogP contribution is -2.51. The molecule has 1 aliphatic heterocycles. The maximum atomic E-state index is 12.8. The van der Waals surface area contributed by atoms with Crippen LogP contribution in [-0.4, -0.2) is 27.2 Å². The number of fused-ring (bicyclic) bond motifs is 1. The van der Waals surface area contributed by atoms with Gasteiger partial charge in [0, 0.05) is 12.0 Å². The van der Waals surface area contributed by atoms with E-state index in [-0.39, 0.29) is 0 Å². The van der Waals surface area contributed by atoms with Gasteiger partial charge >= 0.3 is 0 Å². The van der Waals surface area contributed by atoms with Gasteiger partial charge in [-0.2, -0.15) is 0 Å². The van der Waals surface area contributed by atoms with Gasteiger partial charge in [-0.05, 0) is 31.2 Å². The molecule has 4 nitrogen and oxygen atoms in total. The van der Waals surface area contributed by atoms with E-state index < -0.39 is 15.6 Å². The topological polar surface area (TPSA) is 55.4 Å². The molecule has 0 saturated carbocycles. The predicted octanol–water partition coefficient (Wildman–Crippen LogP) is 2.69.